The van der Waals surface area contributed by atoms with Crippen molar-refractivity contribution in [1.29, 1.82) is 0 Å². The summed E-state index contributed by atoms with van der Waals surface area (Å²) in [5, 5.41) is 19.1. The van der Waals surface area contributed by atoms with Crippen LogP contribution in [0.3, 0.4) is 0 Å². The number of carbonyl (C=O) groups excluding carboxylic acids is 1. The summed E-state index contributed by atoms with van der Waals surface area (Å²) in [6, 6.07) is 0.0598. The molecule has 104 valence electrons. The summed E-state index contributed by atoms with van der Waals surface area (Å²) in [5.41, 5.74) is -0.483. The van der Waals surface area contributed by atoms with Crippen LogP contribution >= 0.6 is 0 Å². The molecule has 0 bridgehead atoms. The fraction of sp³-hybridized carbons (Fsp3) is 0.750. The Bertz CT molecular complexity index is 458. The molecular weight excluding hydrogens is 248 g/mol. The minimum absolute atomic E-state index is 0.0448. The Labute approximate surface area is 110 Å². The number of rotatable bonds is 4. The van der Waals surface area contributed by atoms with Gasteiger partial charge in [0.25, 0.3) is 11.7 Å². The lowest BCUT2D eigenvalue weighted by atomic mass is 9.77. The number of carbonyl (C=O) groups is 1. The van der Waals surface area contributed by atoms with E-state index in [9.17, 15) is 9.90 Å². The van der Waals surface area contributed by atoms with Gasteiger partial charge < -0.3 is 20.3 Å². The molecular formula is C12H18N4O3. The number of aliphatic hydroxyl groups excluding tert-OH is 1. The van der Waals surface area contributed by atoms with Crippen molar-refractivity contribution in [2.24, 2.45) is 0 Å². The van der Waals surface area contributed by atoms with Gasteiger partial charge in [0.05, 0.1) is 18.2 Å². The second kappa shape index (κ2) is 4.90. The number of nitrogens with one attached hydrogen (secondary N) is 2. The average molecular weight is 266 g/mol. The second-order valence-electron chi connectivity index (χ2n) is 5.35. The van der Waals surface area contributed by atoms with Gasteiger partial charge in [0.1, 0.15) is 0 Å². The number of hydrogen-bond donors (Lipinski definition) is 3. The van der Waals surface area contributed by atoms with E-state index in [0.29, 0.717) is 5.89 Å². The summed E-state index contributed by atoms with van der Waals surface area (Å²) in [6.07, 6.45) is 4.63. The van der Waals surface area contributed by atoms with Crippen LogP contribution in [0.5, 0.6) is 0 Å². The van der Waals surface area contributed by atoms with Gasteiger partial charge in [-0.05, 0) is 38.6 Å². The van der Waals surface area contributed by atoms with Crippen molar-refractivity contribution < 1.29 is 14.4 Å². The van der Waals surface area contributed by atoms with Crippen molar-refractivity contribution in [3.8, 4) is 0 Å². The number of aromatic nitrogens is 2. The molecule has 0 aromatic carbocycles. The van der Waals surface area contributed by atoms with Crippen molar-refractivity contribution in [3.05, 3.63) is 11.7 Å². The summed E-state index contributed by atoms with van der Waals surface area (Å²) in [4.78, 5) is 16.1. The average Bonchev–Trinajstić information content (AvgIpc) is 3.02. The van der Waals surface area contributed by atoms with E-state index in [1.807, 2.05) is 0 Å². The third-order valence-corrected chi connectivity index (χ3v) is 4.00. The van der Waals surface area contributed by atoms with Crippen LogP contribution in [-0.2, 0) is 0 Å². The smallest absolute Gasteiger partial charge is 0.293 e. The van der Waals surface area contributed by atoms with Crippen LogP contribution in [0.1, 0.15) is 54.7 Å². The highest BCUT2D eigenvalue weighted by Gasteiger charge is 2.39. The standard InChI is InChI=1S/C12H18N4O3/c17-7-12(4-2-5-12)15-10(18)9-14-11(19-16-9)8-3-1-6-13-8/h8,13,17H,1-7H2,(H,15,18). The van der Waals surface area contributed by atoms with Crippen LogP contribution in [0.4, 0.5) is 0 Å². The van der Waals surface area contributed by atoms with E-state index in [1.54, 1.807) is 0 Å². The molecule has 2 fully saturated rings. The molecule has 7 heteroatoms. The number of hydrogen-bond acceptors (Lipinski definition) is 6. The van der Waals surface area contributed by atoms with Crippen molar-refractivity contribution in [3.63, 3.8) is 0 Å². The van der Waals surface area contributed by atoms with Crippen LogP contribution in [0.25, 0.3) is 0 Å². The molecule has 1 aromatic heterocycles. The normalized spacial score (nSPS) is 25.0. The first-order chi connectivity index (χ1) is 9.22. The van der Waals surface area contributed by atoms with Crippen LogP contribution < -0.4 is 10.6 Å². The van der Waals surface area contributed by atoms with Gasteiger partial charge in [-0.1, -0.05) is 5.16 Å². The summed E-state index contributed by atoms with van der Waals surface area (Å²) in [7, 11) is 0. The molecule has 1 saturated carbocycles. The SMILES string of the molecule is O=C(NC1(CO)CCC1)c1noc(C2CCCN2)n1. The highest BCUT2D eigenvalue weighted by Crippen LogP contribution is 2.31. The molecule has 1 aliphatic heterocycles. The van der Waals surface area contributed by atoms with E-state index in [2.05, 4.69) is 20.8 Å². The van der Waals surface area contributed by atoms with E-state index >= 15 is 0 Å². The van der Waals surface area contributed by atoms with E-state index in [0.717, 1.165) is 38.6 Å². The fourth-order valence-corrected chi connectivity index (χ4v) is 2.59. The van der Waals surface area contributed by atoms with Gasteiger partial charge in [-0.3, -0.25) is 4.79 Å². The van der Waals surface area contributed by atoms with E-state index in [-0.39, 0.29) is 24.4 Å². The lowest BCUT2D eigenvalue weighted by molar-refractivity contribution is 0.0631. The molecule has 1 aromatic rings. The Morgan fingerprint density at radius 1 is 1.53 bits per heavy atom. The first-order valence-electron chi connectivity index (χ1n) is 6.73. The second-order valence-corrected chi connectivity index (χ2v) is 5.35. The lowest BCUT2D eigenvalue weighted by Gasteiger charge is -2.40. The Balaban J connectivity index is 1.66. The Morgan fingerprint density at radius 2 is 2.37 bits per heavy atom. The topological polar surface area (TPSA) is 100 Å². The summed E-state index contributed by atoms with van der Waals surface area (Å²) >= 11 is 0. The molecule has 1 amide bonds. The van der Waals surface area contributed by atoms with Gasteiger partial charge in [-0.2, -0.15) is 4.98 Å². The molecule has 1 aliphatic carbocycles. The van der Waals surface area contributed by atoms with Crippen LogP contribution in [0.15, 0.2) is 4.52 Å². The first-order valence-corrected chi connectivity index (χ1v) is 6.73. The number of nitrogens with zero attached hydrogens (tertiary/aromatic N) is 2. The summed E-state index contributed by atoms with van der Waals surface area (Å²) in [5.74, 6) is 0.138. The maximum Gasteiger partial charge on any atom is 0.293 e. The van der Waals surface area contributed by atoms with Crippen molar-refractivity contribution in [2.45, 2.75) is 43.7 Å². The summed E-state index contributed by atoms with van der Waals surface area (Å²) in [6.45, 7) is 0.885. The van der Waals surface area contributed by atoms with E-state index < -0.39 is 5.54 Å². The molecule has 7 nitrogen and oxygen atoms in total. The highest BCUT2D eigenvalue weighted by molar-refractivity contribution is 5.90. The zero-order valence-corrected chi connectivity index (χ0v) is 10.7. The Kier molecular flexibility index (Phi) is 3.24. The fourth-order valence-electron chi connectivity index (χ4n) is 2.59. The minimum Gasteiger partial charge on any atom is -0.394 e. The zero-order valence-electron chi connectivity index (χ0n) is 10.7. The predicted molar refractivity (Wildman–Crippen MR) is 65.4 cm³/mol. The highest BCUT2D eigenvalue weighted by atomic mass is 16.5. The third-order valence-electron chi connectivity index (χ3n) is 4.00. The maximum absolute atomic E-state index is 12.0. The number of amides is 1. The molecule has 2 aliphatic rings. The van der Waals surface area contributed by atoms with Crippen LogP contribution in [-0.4, -0.2) is 39.8 Å². The lowest BCUT2D eigenvalue weighted by Crippen LogP contribution is -2.56. The monoisotopic (exact) mass is 266 g/mol. The van der Waals surface area contributed by atoms with Crippen LogP contribution in [0.2, 0.25) is 0 Å². The molecule has 0 radical (unpaired) electrons. The van der Waals surface area contributed by atoms with Gasteiger partial charge in [-0.25, -0.2) is 0 Å². The van der Waals surface area contributed by atoms with Crippen molar-refractivity contribution >= 4 is 5.91 Å². The first kappa shape index (κ1) is 12.6. The van der Waals surface area contributed by atoms with Gasteiger partial charge in [-0.15, -0.1) is 0 Å². The largest absolute Gasteiger partial charge is 0.394 e. The Hall–Kier alpha value is -1.47. The molecule has 1 atom stereocenters. The molecule has 3 N–H and O–H groups in total. The van der Waals surface area contributed by atoms with Gasteiger partial charge >= 0.3 is 0 Å². The van der Waals surface area contributed by atoms with Gasteiger partial charge in [0.15, 0.2) is 0 Å². The van der Waals surface area contributed by atoms with Crippen LogP contribution in [0, 0.1) is 0 Å². The predicted octanol–water partition coefficient (Wildman–Crippen LogP) is 0.139. The van der Waals surface area contributed by atoms with Crippen molar-refractivity contribution in [1.82, 2.24) is 20.8 Å². The molecule has 2 heterocycles. The summed E-state index contributed by atoms with van der Waals surface area (Å²) < 4.78 is 5.12. The van der Waals surface area contributed by atoms with E-state index in [4.69, 9.17) is 4.52 Å². The molecule has 3 rings (SSSR count). The molecule has 19 heavy (non-hydrogen) atoms. The number of aliphatic hydroxyl groups is 1. The molecule has 1 saturated heterocycles. The van der Waals surface area contributed by atoms with Gasteiger partial charge in [0.2, 0.25) is 5.89 Å². The quantitative estimate of drug-likeness (QED) is 0.716. The van der Waals surface area contributed by atoms with Gasteiger partial charge in [0, 0.05) is 0 Å². The van der Waals surface area contributed by atoms with Crippen molar-refractivity contribution in [2.75, 3.05) is 13.2 Å². The zero-order chi connectivity index (χ0) is 13.3. The Morgan fingerprint density at radius 3 is 2.95 bits per heavy atom. The molecule has 0 spiro atoms. The maximum atomic E-state index is 12.0. The van der Waals surface area contributed by atoms with E-state index in [1.165, 1.54) is 0 Å². The third kappa shape index (κ3) is 2.35. The minimum atomic E-state index is -0.483. The molecule has 1 unspecified atom stereocenters.